The van der Waals surface area contributed by atoms with Crippen LogP contribution in [0.25, 0.3) is 0 Å². The molecular weight excluding hydrogens is 252 g/mol. The van der Waals surface area contributed by atoms with Crippen molar-refractivity contribution in [2.75, 3.05) is 19.6 Å². The lowest BCUT2D eigenvalue weighted by Gasteiger charge is -2.36. The Labute approximate surface area is 122 Å². The second kappa shape index (κ2) is 6.02. The van der Waals surface area contributed by atoms with Crippen LogP contribution in [0.15, 0.2) is 0 Å². The molecule has 1 aliphatic carbocycles. The Hall–Kier alpha value is -0.610. The first-order valence-corrected chi connectivity index (χ1v) is 8.08. The van der Waals surface area contributed by atoms with Gasteiger partial charge in [0.25, 0.3) is 0 Å². The highest BCUT2D eigenvalue weighted by atomic mass is 16.4. The van der Waals surface area contributed by atoms with E-state index >= 15 is 0 Å². The molecule has 2 unspecified atom stereocenters. The van der Waals surface area contributed by atoms with Crippen molar-refractivity contribution in [2.24, 2.45) is 17.8 Å². The highest BCUT2D eigenvalue weighted by Crippen LogP contribution is 2.41. The van der Waals surface area contributed by atoms with Gasteiger partial charge in [-0.05, 0) is 57.4 Å². The second-order valence-corrected chi connectivity index (χ2v) is 7.38. The van der Waals surface area contributed by atoms with Crippen molar-refractivity contribution in [1.29, 1.82) is 0 Å². The van der Waals surface area contributed by atoms with Gasteiger partial charge < -0.3 is 10.0 Å². The van der Waals surface area contributed by atoms with Gasteiger partial charge in [0.05, 0.1) is 0 Å². The molecule has 1 aliphatic heterocycles. The number of aliphatic carboxylic acids is 1. The Morgan fingerprint density at radius 1 is 1.30 bits per heavy atom. The van der Waals surface area contributed by atoms with Gasteiger partial charge in [0.2, 0.25) is 0 Å². The molecule has 2 fully saturated rings. The van der Waals surface area contributed by atoms with Crippen LogP contribution in [0.3, 0.4) is 0 Å². The van der Waals surface area contributed by atoms with Crippen molar-refractivity contribution < 1.29 is 9.90 Å². The Morgan fingerprint density at radius 3 is 2.35 bits per heavy atom. The molecule has 2 N–H and O–H groups in total. The van der Waals surface area contributed by atoms with Gasteiger partial charge >= 0.3 is 5.97 Å². The number of likely N-dealkylation sites (tertiary alicyclic amines) is 1. The fourth-order valence-electron chi connectivity index (χ4n) is 3.59. The molecule has 1 saturated carbocycles. The third-order valence-corrected chi connectivity index (χ3v) is 4.93. The number of carboxylic acids is 1. The van der Waals surface area contributed by atoms with E-state index in [0.29, 0.717) is 18.4 Å². The fourth-order valence-corrected chi connectivity index (χ4v) is 3.59. The first kappa shape index (κ1) is 15.8. The zero-order valence-electron chi connectivity index (χ0n) is 13.4. The van der Waals surface area contributed by atoms with Crippen LogP contribution >= 0.6 is 0 Å². The van der Waals surface area contributed by atoms with E-state index in [1.807, 2.05) is 13.8 Å². The number of carboxylic acid groups (broad SMARTS) is 1. The summed E-state index contributed by atoms with van der Waals surface area (Å²) in [4.78, 5) is 14.3. The van der Waals surface area contributed by atoms with E-state index in [2.05, 4.69) is 24.1 Å². The molecule has 1 heterocycles. The molecule has 0 aromatic carbocycles. The van der Waals surface area contributed by atoms with E-state index in [1.54, 1.807) is 0 Å². The standard InChI is InChI=1S/C16H30N2O2/c1-11(2)13-7-8-18(9-13)10-16(15(19)20,14-5-6-14)17-12(3)4/h11-14,17H,5-10H2,1-4H3,(H,19,20). The van der Waals surface area contributed by atoms with Gasteiger partial charge in [-0.25, -0.2) is 0 Å². The van der Waals surface area contributed by atoms with Crippen LogP contribution in [0.4, 0.5) is 0 Å². The Kier molecular flexibility index (Phi) is 4.75. The maximum Gasteiger partial charge on any atom is 0.325 e. The predicted octanol–water partition coefficient (Wildman–Crippen LogP) is 2.20. The third-order valence-electron chi connectivity index (χ3n) is 4.93. The minimum atomic E-state index is -0.736. The lowest BCUT2D eigenvalue weighted by Crippen LogP contribution is -2.62. The molecule has 116 valence electrons. The molecule has 4 nitrogen and oxygen atoms in total. The molecule has 0 bridgehead atoms. The normalized spacial score (nSPS) is 27.2. The average Bonchev–Trinajstić information content (AvgIpc) is 3.08. The topological polar surface area (TPSA) is 52.6 Å². The van der Waals surface area contributed by atoms with Crippen LogP contribution in [0.2, 0.25) is 0 Å². The minimum absolute atomic E-state index is 0.204. The second-order valence-electron chi connectivity index (χ2n) is 7.38. The number of rotatable bonds is 7. The monoisotopic (exact) mass is 282 g/mol. The van der Waals surface area contributed by atoms with Crippen LogP contribution in [0, 0.1) is 17.8 Å². The van der Waals surface area contributed by atoms with Gasteiger partial charge in [-0.15, -0.1) is 0 Å². The summed E-state index contributed by atoms with van der Waals surface area (Å²) in [6.07, 6.45) is 3.31. The van der Waals surface area contributed by atoms with Crippen LogP contribution in [-0.2, 0) is 4.79 Å². The number of carbonyl (C=O) groups is 1. The van der Waals surface area contributed by atoms with Crippen molar-refractivity contribution >= 4 is 5.97 Å². The summed E-state index contributed by atoms with van der Waals surface area (Å²) in [6.45, 7) is 11.4. The molecule has 2 aliphatic rings. The van der Waals surface area contributed by atoms with Gasteiger partial charge in [0, 0.05) is 19.1 Å². The van der Waals surface area contributed by atoms with E-state index in [-0.39, 0.29) is 6.04 Å². The van der Waals surface area contributed by atoms with Crippen molar-refractivity contribution in [3.8, 4) is 0 Å². The summed E-state index contributed by atoms with van der Waals surface area (Å²) < 4.78 is 0. The van der Waals surface area contributed by atoms with E-state index < -0.39 is 11.5 Å². The van der Waals surface area contributed by atoms with Crippen LogP contribution in [0.5, 0.6) is 0 Å². The highest BCUT2D eigenvalue weighted by molar-refractivity contribution is 5.80. The highest BCUT2D eigenvalue weighted by Gasteiger charge is 2.52. The van der Waals surface area contributed by atoms with Crippen molar-refractivity contribution in [3.05, 3.63) is 0 Å². The van der Waals surface area contributed by atoms with E-state index in [0.717, 1.165) is 31.8 Å². The minimum Gasteiger partial charge on any atom is -0.480 e. The molecular formula is C16H30N2O2. The molecule has 2 rings (SSSR count). The van der Waals surface area contributed by atoms with Gasteiger partial charge in [0.15, 0.2) is 0 Å². The predicted molar refractivity (Wildman–Crippen MR) is 80.7 cm³/mol. The van der Waals surface area contributed by atoms with Crippen LogP contribution in [0.1, 0.15) is 47.0 Å². The van der Waals surface area contributed by atoms with E-state index in [1.165, 1.54) is 6.42 Å². The van der Waals surface area contributed by atoms with Crippen LogP contribution < -0.4 is 5.32 Å². The number of nitrogens with zero attached hydrogens (tertiary/aromatic N) is 1. The quantitative estimate of drug-likeness (QED) is 0.751. The number of nitrogens with one attached hydrogen (secondary N) is 1. The lowest BCUT2D eigenvalue weighted by molar-refractivity contribution is -0.147. The molecule has 0 aromatic rings. The summed E-state index contributed by atoms with van der Waals surface area (Å²) in [7, 11) is 0. The summed E-state index contributed by atoms with van der Waals surface area (Å²) in [5.41, 5.74) is -0.736. The molecule has 1 saturated heterocycles. The third kappa shape index (κ3) is 3.34. The molecule has 0 aromatic heterocycles. The van der Waals surface area contributed by atoms with E-state index in [9.17, 15) is 9.90 Å². The molecule has 2 atom stereocenters. The lowest BCUT2D eigenvalue weighted by atomic mass is 9.91. The first-order valence-electron chi connectivity index (χ1n) is 8.08. The molecule has 20 heavy (non-hydrogen) atoms. The average molecular weight is 282 g/mol. The summed E-state index contributed by atoms with van der Waals surface area (Å²) in [5, 5.41) is 13.2. The maximum absolute atomic E-state index is 12.0. The molecule has 0 amide bonds. The Bertz CT molecular complexity index is 352. The molecule has 4 heteroatoms. The van der Waals surface area contributed by atoms with Crippen molar-refractivity contribution in [1.82, 2.24) is 10.2 Å². The largest absolute Gasteiger partial charge is 0.480 e. The summed E-state index contributed by atoms with van der Waals surface area (Å²) in [6, 6.07) is 0.204. The Balaban J connectivity index is 2.06. The van der Waals surface area contributed by atoms with Gasteiger partial charge in [-0.2, -0.15) is 0 Å². The number of hydrogen-bond donors (Lipinski definition) is 2. The first-order chi connectivity index (χ1) is 9.35. The SMILES string of the molecule is CC(C)NC(CN1CCC(C(C)C)C1)(C(=O)O)C1CC1. The van der Waals surface area contributed by atoms with Crippen molar-refractivity contribution in [3.63, 3.8) is 0 Å². The fraction of sp³-hybridized carbons (Fsp3) is 0.938. The number of hydrogen-bond acceptors (Lipinski definition) is 3. The van der Waals surface area contributed by atoms with Crippen molar-refractivity contribution in [2.45, 2.75) is 58.5 Å². The summed E-state index contributed by atoms with van der Waals surface area (Å²) >= 11 is 0. The summed E-state index contributed by atoms with van der Waals surface area (Å²) in [5.74, 6) is 1.06. The smallest absolute Gasteiger partial charge is 0.325 e. The molecule has 0 radical (unpaired) electrons. The molecule has 0 spiro atoms. The van der Waals surface area contributed by atoms with Gasteiger partial charge in [-0.3, -0.25) is 10.1 Å². The maximum atomic E-state index is 12.0. The van der Waals surface area contributed by atoms with Crippen LogP contribution in [-0.4, -0.2) is 47.2 Å². The van der Waals surface area contributed by atoms with E-state index in [4.69, 9.17) is 0 Å². The van der Waals surface area contributed by atoms with Gasteiger partial charge in [-0.1, -0.05) is 13.8 Å². The van der Waals surface area contributed by atoms with Gasteiger partial charge in [0.1, 0.15) is 5.54 Å². The zero-order chi connectivity index (χ0) is 14.9. The zero-order valence-corrected chi connectivity index (χ0v) is 13.4. The Morgan fingerprint density at radius 2 is 1.95 bits per heavy atom.